The normalized spacial score (nSPS) is 19.9. The third-order valence-electron chi connectivity index (χ3n) is 5.46. The Hall–Kier alpha value is -2.11. The molecule has 2 aliphatic rings. The van der Waals surface area contributed by atoms with Gasteiger partial charge in [-0.3, -0.25) is 14.3 Å². The van der Waals surface area contributed by atoms with Crippen molar-refractivity contribution < 1.29 is 9.59 Å². The molecule has 2 saturated heterocycles. The van der Waals surface area contributed by atoms with Crippen LogP contribution in [-0.2, 0) is 16.1 Å². The van der Waals surface area contributed by atoms with E-state index < -0.39 is 0 Å². The summed E-state index contributed by atoms with van der Waals surface area (Å²) in [7, 11) is 0. The van der Waals surface area contributed by atoms with Crippen molar-refractivity contribution in [1.29, 1.82) is 0 Å². The molecular formula is C19H28N4O2. The van der Waals surface area contributed by atoms with Gasteiger partial charge >= 0.3 is 0 Å². The van der Waals surface area contributed by atoms with Crippen LogP contribution in [0.15, 0.2) is 25.0 Å². The van der Waals surface area contributed by atoms with Crippen molar-refractivity contribution in [3.05, 3.63) is 30.6 Å². The van der Waals surface area contributed by atoms with Gasteiger partial charge in [0.05, 0.1) is 6.20 Å². The second-order valence-corrected chi connectivity index (χ2v) is 7.31. The molecule has 2 amide bonds. The van der Waals surface area contributed by atoms with E-state index in [9.17, 15) is 9.59 Å². The summed E-state index contributed by atoms with van der Waals surface area (Å²) in [5, 5.41) is 4.36. The molecule has 2 fully saturated rings. The van der Waals surface area contributed by atoms with Gasteiger partial charge < -0.3 is 9.80 Å². The fraction of sp³-hybridized carbons (Fsp3) is 0.632. The van der Waals surface area contributed by atoms with Gasteiger partial charge in [0.1, 0.15) is 0 Å². The maximum atomic E-state index is 12.8. The molecular weight excluding hydrogens is 316 g/mol. The summed E-state index contributed by atoms with van der Waals surface area (Å²) in [6, 6.07) is 0. The second-order valence-electron chi connectivity index (χ2n) is 7.31. The molecule has 0 spiro atoms. The SMILES string of the molecule is C=CC(=O)N1CCC(C(=O)N2CCC(Cn3cc(C)cn3)CC2)CC1. The van der Waals surface area contributed by atoms with Gasteiger partial charge in [-0.1, -0.05) is 6.58 Å². The Balaban J connectivity index is 1.44. The number of hydrogen-bond acceptors (Lipinski definition) is 3. The first-order chi connectivity index (χ1) is 12.1. The number of likely N-dealkylation sites (tertiary alicyclic amines) is 2. The number of amides is 2. The maximum Gasteiger partial charge on any atom is 0.245 e. The topological polar surface area (TPSA) is 58.4 Å². The highest BCUT2D eigenvalue weighted by Gasteiger charge is 2.31. The lowest BCUT2D eigenvalue weighted by molar-refractivity contribution is -0.140. The first-order valence-corrected chi connectivity index (χ1v) is 9.26. The van der Waals surface area contributed by atoms with Gasteiger partial charge in [0, 0.05) is 44.8 Å². The maximum absolute atomic E-state index is 12.8. The summed E-state index contributed by atoms with van der Waals surface area (Å²) in [4.78, 5) is 28.2. The van der Waals surface area contributed by atoms with Crippen LogP contribution in [0.25, 0.3) is 0 Å². The molecule has 1 aromatic heterocycles. The molecule has 0 saturated carbocycles. The van der Waals surface area contributed by atoms with Crippen LogP contribution >= 0.6 is 0 Å². The summed E-state index contributed by atoms with van der Waals surface area (Å²) in [5.41, 5.74) is 1.19. The van der Waals surface area contributed by atoms with Crippen molar-refractivity contribution in [3.63, 3.8) is 0 Å². The molecule has 1 aromatic rings. The second kappa shape index (κ2) is 7.85. The number of aromatic nitrogens is 2. The van der Waals surface area contributed by atoms with Gasteiger partial charge in [0.25, 0.3) is 0 Å². The number of piperidine rings is 2. The predicted molar refractivity (Wildman–Crippen MR) is 95.8 cm³/mol. The summed E-state index contributed by atoms with van der Waals surface area (Å²) in [5.74, 6) is 0.911. The molecule has 25 heavy (non-hydrogen) atoms. The van der Waals surface area contributed by atoms with Gasteiger partial charge in [0.15, 0.2) is 0 Å². The zero-order valence-corrected chi connectivity index (χ0v) is 15.1. The van der Waals surface area contributed by atoms with Crippen LogP contribution in [0.4, 0.5) is 0 Å². The first kappa shape index (κ1) is 17.7. The van der Waals surface area contributed by atoms with Gasteiger partial charge in [-0.2, -0.15) is 5.10 Å². The number of carbonyl (C=O) groups is 2. The molecule has 136 valence electrons. The molecule has 0 radical (unpaired) electrons. The number of rotatable bonds is 4. The van der Waals surface area contributed by atoms with E-state index in [1.165, 1.54) is 11.6 Å². The van der Waals surface area contributed by atoms with Crippen LogP contribution in [-0.4, -0.2) is 57.6 Å². The highest BCUT2D eigenvalue weighted by molar-refractivity contribution is 5.87. The average Bonchev–Trinajstić information content (AvgIpc) is 3.06. The minimum absolute atomic E-state index is 0.0272. The molecule has 6 heteroatoms. The molecule has 0 unspecified atom stereocenters. The van der Waals surface area contributed by atoms with E-state index in [0.29, 0.717) is 19.0 Å². The van der Waals surface area contributed by atoms with Crippen LogP contribution in [0.2, 0.25) is 0 Å². The van der Waals surface area contributed by atoms with Crippen molar-refractivity contribution in [3.8, 4) is 0 Å². The van der Waals surface area contributed by atoms with Crippen molar-refractivity contribution >= 4 is 11.8 Å². The largest absolute Gasteiger partial charge is 0.342 e. The van der Waals surface area contributed by atoms with Crippen molar-refractivity contribution in [2.75, 3.05) is 26.2 Å². The highest BCUT2D eigenvalue weighted by Crippen LogP contribution is 2.24. The molecule has 0 aromatic carbocycles. The summed E-state index contributed by atoms with van der Waals surface area (Å²) in [6.07, 6.45) is 8.94. The predicted octanol–water partition coefficient (Wildman–Crippen LogP) is 1.85. The third kappa shape index (κ3) is 4.30. The van der Waals surface area contributed by atoms with E-state index in [4.69, 9.17) is 0 Å². The Morgan fingerprint density at radius 1 is 1.16 bits per heavy atom. The Labute approximate surface area is 149 Å². The van der Waals surface area contributed by atoms with Crippen molar-refractivity contribution in [1.82, 2.24) is 19.6 Å². The Morgan fingerprint density at radius 3 is 2.36 bits per heavy atom. The first-order valence-electron chi connectivity index (χ1n) is 9.26. The number of nitrogens with zero attached hydrogens (tertiary/aromatic N) is 4. The average molecular weight is 344 g/mol. The van der Waals surface area contributed by atoms with E-state index in [0.717, 1.165) is 45.3 Å². The van der Waals surface area contributed by atoms with E-state index in [1.54, 1.807) is 4.90 Å². The van der Waals surface area contributed by atoms with Crippen molar-refractivity contribution in [2.45, 2.75) is 39.2 Å². The molecule has 3 heterocycles. The van der Waals surface area contributed by atoms with Gasteiger partial charge in [-0.25, -0.2) is 0 Å². The van der Waals surface area contributed by atoms with Gasteiger partial charge in [0.2, 0.25) is 11.8 Å². The van der Waals surface area contributed by atoms with E-state index in [2.05, 4.69) is 24.8 Å². The fourth-order valence-electron chi connectivity index (χ4n) is 3.90. The monoisotopic (exact) mass is 344 g/mol. The standard InChI is InChI=1S/C19H28N4O2/c1-3-18(24)21-10-6-17(7-11-21)19(25)22-8-4-16(5-9-22)14-23-13-15(2)12-20-23/h3,12-13,16-17H,1,4-11,14H2,2H3. The number of aryl methyl sites for hydroxylation is 1. The smallest absolute Gasteiger partial charge is 0.245 e. The molecule has 0 bridgehead atoms. The Bertz CT molecular complexity index is 623. The van der Waals surface area contributed by atoms with Crippen LogP contribution in [0.5, 0.6) is 0 Å². The molecule has 2 aliphatic heterocycles. The third-order valence-corrected chi connectivity index (χ3v) is 5.46. The van der Waals surface area contributed by atoms with Gasteiger partial charge in [-0.05, 0) is 50.2 Å². The zero-order chi connectivity index (χ0) is 17.8. The van der Waals surface area contributed by atoms with E-state index in [-0.39, 0.29) is 17.7 Å². The Morgan fingerprint density at radius 2 is 1.80 bits per heavy atom. The van der Waals surface area contributed by atoms with Crippen LogP contribution in [0, 0.1) is 18.8 Å². The summed E-state index contributed by atoms with van der Waals surface area (Å²) >= 11 is 0. The zero-order valence-electron chi connectivity index (χ0n) is 15.1. The minimum atomic E-state index is -0.0272. The molecule has 0 N–H and O–H groups in total. The van der Waals surface area contributed by atoms with Crippen molar-refractivity contribution in [2.24, 2.45) is 11.8 Å². The van der Waals surface area contributed by atoms with Crippen LogP contribution in [0.1, 0.15) is 31.2 Å². The molecule has 3 rings (SSSR count). The minimum Gasteiger partial charge on any atom is -0.342 e. The van der Waals surface area contributed by atoms with Gasteiger partial charge in [-0.15, -0.1) is 0 Å². The number of hydrogen-bond donors (Lipinski definition) is 0. The van der Waals surface area contributed by atoms with E-state index in [1.807, 2.05) is 15.8 Å². The lowest BCUT2D eigenvalue weighted by Crippen LogP contribution is -2.46. The summed E-state index contributed by atoms with van der Waals surface area (Å²) < 4.78 is 2.02. The molecule has 6 nitrogen and oxygen atoms in total. The lowest BCUT2D eigenvalue weighted by atomic mass is 9.92. The highest BCUT2D eigenvalue weighted by atomic mass is 16.2. The quantitative estimate of drug-likeness (QED) is 0.783. The van der Waals surface area contributed by atoms with Crippen LogP contribution in [0.3, 0.4) is 0 Å². The van der Waals surface area contributed by atoms with E-state index >= 15 is 0 Å². The lowest BCUT2D eigenvalue weighted by Gasteiger charge is -2.37. The number of carbonyl (C=O) groups excluding carboxylic acids is 2. The van der Waals surface area contributed by atoms with Crippen LogP contribution < -0.4 is 0 Å². The molecule has 0 aliphatic carbocycles. The molecule has 0 atom stereocenters. The fourth-order valence-corrected chi connectivity index (χ4v) is 3.90. The summed E-state index contributed by atoms with van der Waals surface area (Å²) in [6.45, 7) is 9.54. The Kier molecular flexibility index (Phi) is 5.56.